The summed E-state index contributed by atoms with van der Waals surface area (Å²) in [6.45, 7) is 5.07. The Balaban J connectivity index is 1.26. The standard InChI is InChI=1S/C23H24N4O5/c1-15-16(2)25-21(24-15)17-5-7-18(8-6-17)23(30)32-14-20(28)26-9-11-27(12-10-26)22(29)19-4-3-13-31-19/h3-8,13H,9-12,14H2,1-2H3,(H,24,25). The molecular formula is C23H24N4O5. The summed E-state index contributed by atoms with van der Waals surface area (Å²) >= 11 is 0. The number of imidazole rings is 1. The molecule has 0 radical (unpaired) electrons. The molecule has 1 N–H and O–H groups in total. The number of aromatic amines is 1. The van der Waals surface area contributed by atoms with Crippen LogP contribution >= 0.6 is 0 Å². The summed E-state index contributed by atoms with van der Waals surface area (Å²) in [6, 6.07) is 10.1. The van der Waals surface area contributed by atoms with Gasteiger partial charge in [0, 0.05) is 37.4 Å². The average molecular weight is 436 g/mol. The van der Waals surface area contributed by atoms with Crippen molar-refractivity contribution in [2.45, 2.75) is 13.8 Å². The van der Waals surface area contributed by atoms with Gasteiger partial charge in [-0.3, -0.25) is 9.59 Å². The van der Waals surface area contributed by atoms with Crippen LogP contribution in [0.5, 0.6) is 0 Å². The zero-order valence-corrected chi connectivity index (χ0v) is 18.0. The predicted molar refractivity (Wildman–Crippen MR) is 115 cm³/mol. The molecule has 1 aliphatic heterocycles. The second kappa shape index (κ2) is 9.09. The zero-order chi connectivity index (χ0) is 22.7. The molecule has 1 fully saturated rings. The average Bonchev–Trinajstić information content (AvgIpc) is 3.47. The highest BCUT2D eigenvalue weighted by molar-refractivity contribution is 5.92. The number of nitrogens with zero attached hydrogens (tertiary/aromatic N) is 3. The molecular weight excluding hydrogens is 412 g/mol. The van der Waals surface area contributed by atoms with Crippen molar-refractivity contribution in [2.24, 2.45) is 0 Å². The molecule has 4 rings (SSSR count). The predicted octanol–water partition coefficient (Wildman–Crippen LogP) is 2.43. The molecule has 0 bridgehead atoms. The van der Waals surface area contributed by atoms with E-state index in [1.54, 1.807) is 46.2 Å². The van der Waals surface area contributed by atoms with Gasteiger partial charge in [0.2, 0.25) is 0 Å². The van der Waals surface area contributed by atoms with Gasteiger partial charge in [-0.05, 0) is 38.1 Å². The van der Waals surface area contributed by atoms with Crippen molar-refractivity contribution in [2.75, 3.05) is 32.8 Å². The van der Waals surface area contributed by atoms with Crippen molar-refractivity contribution in [3.05, 3.63) is 65.4 Å². The summed E-state index contributed by atoms with van der Waals surface area (Å²) in [5.74, 6) is -0.0383. The number of amides is 2. The number of hydrogen-bond donors (Lipinski definition) is 1. The largest absolute Gasteiger partial charge is 0.459 e. The van der Waals surface area contributed by atoms with E-state index >= 15 is 0 Å². The lowest BCUT2D eigenvalue weighted by Crippen LogP contribution is -2.51. The van der Waals surface area contributed by atoms with E-state index in [0.717, 1.165) is 22.8 Å². The molecule has 3 heterocycles. The van der Waals surface area contributed by atoms with E-state index in [-0.39, 0.29) is 24.2 Å². The summed E-state index contributed by atoms with van der Waals surface area (Å²) in [7, 11) is 0. The molecule has 9 nitrogen and oxygen atoms in total. The van der Waals surface area contributed by atoms with Crippen molar-refractivity contribution in [1.29, 1.82) is 0 Å². The molecule has 2 aromatic heterocycles. The number of H-pyrrole nitrogens is 1. The second-order valence-corrected chi connectivity index (χ2v) is 7.60. The SMILES string of the molecule is Cc1nc(-c2ccc(C(=O)OCC(=O)N3CCN(C(=O)c4ccco4)CC3)cc2)[nH]c1C. The number of esters is 1. The van der Waals surface area contributed by atoms with E-state index in [9.17, 15) is 14.4 Å². The molecule has 32 heavy (non-hydrogen) atoms. The van der Waals surface area contributed by atoms with Gasteiger partial charge >= 0.3 is 5.97 Å². The lowest BCUT2D eigenvalue weighted by atomic mass is 10.1. The third-order valence-electron chi connectivity index (χ3n) is 5.50. The van der Waals surface area contributed by atoms with E-state index in [4.69, 9.17) is 9.15 Å². The van der Waals surface area contributed by atoms with Gasteiger partial charge in [-0.2, -0.15) is 0 Å². The number of carbonyl (C=O) groups is 3. The number of benzene rings is 1. The van der Waals surface area contributed by atoms with Gasteiger partial charge < -0.3 is 23.9 Å². The van der Waals surface area contributed by atoms with Gasteiger partial charge in [-0.15, -0.1) is 0 Å². The fourth-order valence-electron chi connectivity index (χ4n) is 3.47. The first-order chi connectivity index (χ1) is 15.4. The number of rotatable bonds is 5. The molecule has 9 heteroatoms. The molecule has 3 aromatic rings. The number of aryl methyl sites for hydroxylation is 2. The summed E-state index contributed by atoms with van der Waals surface area (Å²) in [5.41, 5.74) is 3.13. The second-order valence-electron chi connectivity index (χ2n) is 7.60. The number of nitrogens with one attached hydrogen (secondary N) is 1. The lowest BCUT2D eigenvalue weighted by Gasteiger charge is -2.34. The monoisotopic (exact) mass is 436 g/mol. The van der Waals surface area contributed by atoms with Crippen LogP contribution in [0.4, 0.5) is 0 Å². The number of furan rings is 1. The molecule has 1 aromatic carbocycles. The van der Waals surface area contributed by atoms with Crippen molar-refractivity contribution in [3.63, 3.8) is 0 Å². The molecule has 1 aliphatic rings. The Kier molecular flexibility index (Phi) is 6.07. The molecule has 2 amide bonds. The first kappa shape index (κ1) is 21.4. The Hall–Kier alpha value is -3.88. The van der Waals surface area contributed by atoms with Crippen LogP contribution in [0.3, 0.4) is 0 Å². The van der Waals surface area contributed by atoms with E-state index in [0.29, 0.717) is 31.7 Å². The maximum absolute atomic E-state index is 12.4. The number of aromatic nitrogens is 2. The van der Waals surface area contributed by atoms with E-state index in [1.807, 2.05) is 13.8 Å². The van der Waals surface area contributed by atoms with Crippen LogP contribution < -0.4 is 0 Å². The molecule has 1 saturated heterocycles. The third kappa shape index (κ3) is 4.56. The van der Waals surface area contributed by atoms with E-state index < -0.39 is 5.97 Å². The minimum Gasteiger partial charge on any atom is -0.459 e. The van der Waals surface area contributed by atoms with Crippen molar-refractivity contribution >= 4 is 17.8 Å². The van der Waals surface area contributed by atoms with Crippen LogP contribution in [0.25, 0.3) is 11.4 Å². The van der Waals surface area contributed by atoms with Gasteiger partial charge in [-0.1, -0.05) is 12.1 Å². The van der Waals surface area contributed by atoms with Crippen LogP contribution in [-0.2, 0) is 9.53 Å². The summed E-state index contributed by atoms with van der Waals surface area (Å²) in [6.07, 6.45) is 1.45. The third-order valence-corrected chi connectivity index (χ3v) is 5.50. The lowest BCUT2D eigenvalue weighted by molar-refractivity contribution is -0.136. The number of ether oxygens (including phenoxy) is 1. The highest BCUT2D eigenvalue weighted by Crippen LogP contribution is 2.19. The van der Waals surface area contributed by atoms with E-state index in [1.165, 1.54) is 6.26 Å². The Bertz CT molecular complexity index is 1090. The smallest absolute Gasteiger partial charge is 0.338 e. The molecule has 0 atom stereocenters. The van der Waals surface area contributed by atoms with Crippen LogP contribution in [0, 0.1) is 13.8 Å². The van der Waals surface area contributed by atoms with Gasteiger partial charge in [0.15, 0.2) is 12.4 Å². The van der Waals surface area contributed by atoms with Gasteiger partial charge in [0.1, 0.15) is 5.82 Å². The fraction of sp³-hybridized carbons (Fsp3) is 0.304. The van der Waals surface area contributed by atoms with Crippen LogP contribution in [0.15, 0.2) is 47.1 Å². The molecule has 166 valence electrons. The highest BCUT2D eigenvalue weighted by Gasteiger charge is 2.26. The molecule has 0 saturated carbocycles. The Morgan fingerprint density at radius 1 is 1.03 bits per heavy atom. The Labute approximate surface area is 185 Å². The van der Waals surface area contributed by atoms with Crippen LogP contribution in [-0.4, -0.2) is 70.3 Å². The van der Waals surface area contributed by atoms with Crippen molar-refractivity contribution in [3.8, 4) is 11.4 Å². The number of piperazine rings is 1. The van der Waals surface area contributed by atoms with Crippen molar-refractivity contribution < 1.29 is 23.5 Å². The topological polar surface area (TPSA) is 109 Å². The van der Waals surface area contributed by atoms with Gasteiger partial charge in [0.25, 0.3) is 11.8 Å². The fourth-order valence-corrected chi connectivity index (χ4v) is 3.47. The Morgan fingerprint density at radius 2 is 1.72 bits per heavy atom. The maximum atomic E-state index is 12.4. The summed E-state index contributed by atoms with van der Waals surface area (Å²) < 4.78 is 10.3. The number of carbonyl (C=O) groups excluding carboxylic acids is 3. The van der Waals surface area contributed by atoms with Crippen LogP contribution in [0.2, 0.25) is 0 Å². The minimum atomic E-state index is -0.566. The maximum Gasteiger partial charge on any atom is 0.338 e. The quantitative estimate of drug-likeness (QED) is 0.616. The summed E-state index contributed by atoms with van der Waals surface area (Å²) in [4.78, 5) is 47.9. The van der Waals surface area contributed by atoms with Gasteiger partial charge in [-0.25, -0.2) is 9.78 Å². The zero-order valence-electron chi connectivity index (χ0n) is 18.0. The first-order valence-corrected chi connectivity index (χ1v) is 10.3. The highest BCUT2D eigenvalue weighted by atomic mass is 16.5. The van der Waals surface area contributed by atoms with E-state index in [2.05, 4.69) is 9.97 Å². The minimum absolute atomic E-state index is 0.197. The molecule has 0 aliphatic carbocycles. The van der Waals surface area contributed by atoms with Gasteiger partial charge in [0.05, 0.1) is 17.5 Å². The summed E-state index contributed by atoms with van der Waals surface area (Å²) in [5, 5.41) is 0. The molecule has 0 unspecified atom stereocenters. The number of hydrogen-bond acceptors (Lipinski definition) is 6. The Morgan fingerprint density at radius 3 is 2.31 bits per heavy atom. The van der Waals surface area contributed by atoms with Crippen molar-refractivity contribution in [1.82, 2.24) is 19.8 Å². The molecule has 0 spiro atoms. The first-order valence-electron chi connectivity index (χ1n) is 10.3. The normalized spacial score (nSPS) is 13.8. The van der Waals surface area contributed by atoms with Crippen LogP contribution in [0.1, 0.15) is 32.3 Å².